The predicted molar refractivity (Wildman–Crippen MR) is 77.6 cm³/mol. The summed E-state index contributed by atoms with van der Waals surface area (Å²) in [7, 11) is 3.37. The van der Waals surface area contributed by atoms with Crippen LogP contribution in [-0.4, -0.2) is 34.0 Å². The second-order valence-corrected chi connectivity index (χ2v) is 5.13. The summed E-state index contributed by atoms with van der Waals surface area (Å²) < 4.78 is 2.11. The van der Waals surface area contributed by atoms with E-state index in [4.69, 9.17) is 40.3 Å². The van der Waals surface area contributed by atoms with Crippen LogP contribution in [0.2, 0.25) is 10.0 Å². The molecule has 19 heavy (non-hydrogen) atoms. The average molecular weight is 319 g/mol. The van der Waals surface area contributed by atoms with E-state index in [9.17, 15) is 0 Å². The summed E-state index contributed by atoms with van der Waals surface area (Å²) in [6.07, 6.45) is 0. The van der Waals surface area contributed by atoms with Gasteiger partial charge < -0.3 is 4.84 Å². The molecule has 0 aliphatic carbocycles. The van der Waals surface area contributed by atoms with Gasteiger partial charge in [0.15, 0.2) is 5.82 Å². The van der Waals surface area contributed by atoms with Crippen molar-refractivity contribution >= 4 is 35.4 Å². The van der Waals surface area contributed by atoms with Crippen molar-refractivity contribution in [3.63, 3.8) is 0 Å². The SMILES string of the molecule is CON(C)Cn1[nH]c(-c2cc(Cl)cc(Cl)c2)nc1=S. The second-order valence-electron chi connectivity index (χ2n) is 3.89. The molecule has 1 heterocycles. The third-order valence-corrected chi connectivity index (χ3v) is 3.22. The zero-order valence-corrected chi connectivity index (χ0v) is 12.7. The normalized spacial score (nSPS) is 11.2. The van der Waals surface area contributed by atoms with Crippen LogP contribution in [0.3, 0.4) is 0 Å². The Morgan fingerprint density at radius 2 is 2.00 bits per heavy atom. The highest BCUT2D eigenvalue weighted by Crippen LogP contribution is 2.24. The minimum Gasteiger partial charge on any atom is -0.301 e. The van der Waals surface area contributed by atoms with Gasteiger partial charge in [0.25, 0.3) is 0 Å². The minimum atomic E-state index is 0.426. The highest BCUT2D eigenvalue weighted by atomic mass is 35.5. The van der Waals surface area contributed by atoms with Crippen molar-refractivity contribution in [1.29, 1.82) is 0 Å². The highest BCUT2D eigenvalue weighted by molar-refractivity contribution is 7.71. The number of halogens is 2. The Kier molecular flexibility index (Phi) is 4.59. The summed E-state index contributed by atoms with van der Waals surface area (Å²) in [5.74, 6) is 0.610. The first-order chi connectivity index (χ1) is 8.99. The molecule has 0 aliphatic heterocycles. The van der Waals surface area contributed by atoms with Crippen molar-refractivity contribution in [2.24, 2.45) is 0 Å². The van der Waals surface area contributed by atoms with Crippen LogP contribution in [0.4, 0.5) is 0 Å². The Hall–Kier alpha value is -0.920. The first kappa shape index (κ1) is 14.5. The number of hydroxylamine groups is 2. The first-order valence-corrected chi connectivity index (χ1v) is 6.54. The van der Waals surface area contributed by atoms with E-state index in [1.807, 2.05) is 0 Å². The van der Waals surface area contributed by atoms with Crippen LogP contribution in [0.5, 0.6) is 0 Å². The maximum atomic E-state index is 5.97. The first-order valence-electron chi connectivity index (χ1n) is 5.38. The number of nitrogens with zero attached hydrogens (tertiary/aromatic N) is 3. The summed E-state index contributed by atoms with van der Waals surface area (Å²) in [4.78, 5) is 9.31. The van der Waals surface area contributed by atoms with Crippen LogP contribution >= 0.6 is 35.4 Å². The van der Waals surface area contributed by atoms with E-state index in [1.54, 1.807) is 42.1 Å². The molecule has 0 aliphatic rings. The molecule has 0 bridgehead atoms. The van der Waals surface area contributed by atoms with E-state index in [2.05, 4.69) is 10.1 Å². The number of hydrogen-bond donors (Lipinski definition) is 1. The van der Waals surface area contributed by atoms with Gasteiger partial charge in [-0.2, -0.15) is 10.0 Å². The standard InChI is InChI=1S/C11H12Cl2N4OS/c1-16(18-2)6-17-11(19)14-10(15-17)7-3-8(12)5-9(13)4-7/h3-5H,6H2,1-2H3,(H,14,15,19). The van der Waals surface area contributed by atoms with E-state index >= 15 is 0 Å². The van der Waals surface area contributed by atoms with Crippen LogP contribution < -0.4 is 0 Å². The fraction of sp³-hybridized carbons (Fsp3) is 0.273. The van der Waals surface area contributed by atoms with Gasteiger partial charge in [0.05, 0.1) is 7.11 Å². The molecule has 2 aromatic rings. The molecule has 1 N–H and O–H groups in total. The van der Waals surface area contributed by atoms with E-state index in [0.717, 1.165) is 5.56 Å². The van der Waals surface area contributed by atoms with Gasteiger partial charge in [-0.1, -0.05) is 23.2 Å². The van der Waals surface area contributed by atoms with E-state index in [-0.39, 0.29) is 0 Å². The maximum Gasteiger partial charge on any atom is 0.217 e. The number of aromatic amines is 1. The topological polar surface area (TPSA) is 46.1 Å². The molecule has 1 aromatic carbocycles. The number of nitrogens with one attached hydrogen (secondary N) is 1. The van der Waals surface area contributed by atoms with Gasteiger partial charge in [-0.05, 0) is 30.4 Å². The third-order valence-electron chi connectivity index (χ3n) is 2.47. The minimum absolute atomic E-state index is 0.426. The molecule has 0 saturated heterocycles. The van der Waals surface area contributed by atoms with Gasteiger partial charge in [0.2, 0.25) is 4.77 Å². The summed E-state index contributed by atoms with van der Waals surface area (Å²) in [5.41, 5.74) is 0.780. The summed E-state index contributed by atoms with van der Waals surface area (Å²) >= 11 is 17.1. The molecule has 0 amide bonds. The Morgan fingerprint density at radius 1 is 1.37 bits per heavy atom. The molecular weight excluding hydrogens is 307 g/mol. The van der Waals surface area contributed by atoms with E-state index in [1.165, 1.54) is 0 Å². The van der Waals surface area contributed by atoms with Crippen molar-refractivity contribution in [2.45, 2.75) is 6.67 Å². The summed E-state index contributed by atoms with van der Waals surface area (Å²) in [6.45, 7) is 0.441. The highest BCUT2D eigenvalue weighted by Gasteiger charge is 2.08. The Morgan fingerprint density at radius 3 is 2.58 bits per heavy atom. The zero-order chi connectivity index (χ0) is 14.0. The molecule has 0 spiro atoms. The Balaban J connectivity index is 2.36. The number of rotatable bonds is 4. The molecule has 8 heteroatoms. The molecule has 0 unspecified atom stereocenters. The largest absolute Gasteiger partial charge is 0.301 e. The van der Waals surface area contributed by atoms with Gasteiger partial charge in [-0.15, -0.1) is 0 Å². The quantitative estimate of drug-likeness (QED) is 0.693. The van der Waals surface area contributed by atoms with Gasteiger partial charge in [0, 0.05) is 22.7 Å². The van der Waals surface area contributed by atoms with Crippen LogP contribution in [0, 0.1) is 4.77 Å². The molecule has 5 nitrogen and oxygen atoms in total. The lowest BCUT2D eigenvalue weighted by molar-refractivity contribution is -0.134. The zero-order valence-electron chi connectivity index (χ0n) is 10.4. The maximum absolute atomic E-state index is 5.97. The smallest absolute Gasteiger partial charge is 0.217 e. The average Bonchev–Trinajstić information content (AvgIpc) is 2.69. The van der Waals surface area contributed by atoms with Gasteiger partial charge in [-0.25, -0.2) is 4.68 Å². The molecule has 0 radical (unpaired) electrons. The third kappa shape index (κ3) is 3.55. The van der Waals surface area contributed by atoms with Crippen molar-refractivity contribution < 1.29 is 4.84 Å². The van der Waals surface area contributed by atoms with E-state index in [0.29, 0.717) is 27.3 Å². The number of aromatic nitrogens is 3. The molecule has 2 rings (SSSR count). The predicted octanol–water partition coefficient (Wildman–Crippen LogP) is 3.37. The van der Waals surface area contributed by atoms with Gasteiger partial charge in [0.1, 0.15) is 6.67 Å². The number of hydrogen-bond acceptors (Lipinski definition) is 4. The van der Waals surface area contributed by atoms with Crippen molar-refractivity contribution in [1.82, 2.24) is 19.8 Å². The lowest BCUT2D eigenvalue weighted by atomic mass is 10.2. The lowest BCUT2D eigenvalue weighted by Crippen LogP contribution is -2.21. The Bertz CT molecular complexity index is 620. The molecule has 102 valence electrons. The fourth-order valence-electron chi connectivity index (χ4n) is 1.53. The molecule has 1 aromatic heterocycles. The number of H-pyrrole nitrogens is 1. The number of benzene rings is 1. The molecule has 0 atom stereocenters. The van der Waals surface area contributed by atoms with Crippen LogP contribution in [0.25, 0.3) is 11.4 Å². The summed E-state index contributed by atoms with van der Waals surface area (Å²) in [6, 6.07) is 5.20. The molecule has 0 fully saturated rings. The van der Waals surface area contributed by atoms with Crippen LogP contribution in [-0.2, 0) is 11.5 Å². The lowest BCUT2D eigenvalue weighted by Gasteiger charge is -2.13. The summed E-state index contributed by atoms with van der Waals surface area (Å²) in [5, 5.41) is 5.79. The van der Waals surface area contributed by atoms with Crippen molar-refractivity contribution in [3.05, 3.63) is 33.0 Å². The van der Waals surface area contributed by atoms with Crippen molar-refractivity contribution in [3.8, 4) is 11.4 Å². The molecule has 0 saturated carbocycles. The van der Waals surface area contributed by atoms with Gasteiger partial charge >= 0.3 is 0 Å². The fourth-order valence-corrected chi connectivity index (χ4v) is 2.25. The Labute approximate surface area is 125 Å². The monoisotopic (exact) mass is 318 g/mol. The van der Waals surface area contributed by atoms with E-state index < -0.39 is 0 Å². The van der Waals surface area contributed by atoms with Gasteiger partial charge in [-0.3, -0.25) is 5.10 Å². The van der Waals surface area contributed by atoms with Crippen molar-refractivity contribution in [2.75, 3.05) is 14.2 Å². The molecular formula is C11H12Cl2N4OS. The van der Waals surface area contributed by atoms with Crippen LogP contribution in [0.1, 0.15) is 0 Å². The second kappa shape index (κ2) is 6.02. The van der Waals surface area contributed by atoms with Crippen LogP contribution in [0.15, 0.2) is 18.2 Å².